The Balaban J connectivity index is 2.28. The second-order valence-electron chi connectivity index (χ2n) is 4.48. The lowest BCUT2D eigenvalue weighted by atomic mass is 9.76. The maximum Gasteiger partial charge on any atom is 0.234 e. The molecule has 1 N–H and O–H groups in total. The van der Waals surface area contributed by atoms with Crippen molar-refractivity contribution < 1.29 is 4.79 Å². The Labute approximate surface area is 85.5 Å². The quantitative estimate of drug-likeness (QED) is 0.747. The summed E-state index contributed by atoms with van der Waals surface area (Å²) in [6.07, 6.45) is 6.23. The average Bonchev–Trinajstić information content (AvgIpc) is 2.17. The van der Waals surface area contributed by atoms with E-state index in [0.29, 0.717) is 0 Å². The first-order valence-electron chi connectivity index (χ1n) is 5.30. The van der Waals surface area contributed by atoms with Gasteiger partial charge in [-0.05, 0) is 18.3 Å². The van der Waals surface area contributed by atoms with Gasteiger partial charge in [0.05, 0.1) is 6.07 Å². The van der Waals surface area contributed by atoms with Gasteiger partial charge in [-0.2, -0.15) is 5.26 Å². The monoisotopic (exact) mass is 194 g/mol. The van der Waals surface area contributed by atoms with Crippen LogP contribution in [0.4, 0.5) is 0 Å². The Bertz CT molecular complexity index is 236. The van der Waals surface area contributed by atoms with Gasteiger partial charge in [-0.15, -0.1) is 0 Å². The van der Waals surface area contributed by atoms with Crippen molar-refractivity contribution in [2.75, 3.05) is 6.54 Å². The lowest BCUT2D eigenvalue weighted by Gasteiger charge is -2.33. The number of carbonyl (C=O) groups is 1. The highest BCUT2D eigenvalue weighted by Gasteiger charge is 2.26. The van der Waals surface area contributed by atoms with Crippen molar-refractivity contribution in [3.05, 3.63) is 0 Å². The van der Waals surface area contributed by atoms with E-state index in [2.05, 4.69) is 12.2 Å². The summed E-state index contributed by atoms with van der Waals surface area (Å²) < 4.78 is 0. The molecule has 0 aromatic heterocycles. The molecule has 0 aromatic rings. The molecular formula is C11H18N2O. The standard InChI is InChI=1S/C11H18N2O/c1-11(6-3-2-4-7-11)9-13-10(14)5-8-12/h2-7,9H2,1H3,(H,13,14). The molecule has 1 amide bonds. The van der Waals surface area contributed by atoms with Crippen molar-refractivity contribution >= 4 is 5.91 Å². The summed E-state index contributed by atoms with van der Waals surface area (Å²) in [5, 5.41) is 11.2. The van der Waals surface area contributed by atoms with Crippen LogP contribution in [-0.2, 0) is 4.79 Å². The average molecular weight is 194 g/mol. The minimum atomic E-state index is -0.140. The van der Waals surface area contributed by atoms with Crippen LogP contribution in [0.3, 0.4) is 0 Å². The third-order valence-electron chi connectivity index (χ3n) is 3.01. The topological polar surface area (TPSA) is 52.9 Å². The van der Waals surface area contributed by atoms with Crippen molar-refractivity contribution in [3.63, 3.8) is 0 Å². The molecule has 0 atom stereocenters. The molecule has 14 heavy (non-hydrogen) atoms. The molecule has 0 radical (unpaired) electrons. The van der Waals surface area contributed by atoms with Gasteiger partial charge >= 0.3 is 0 Å². The number of amides is 1. The van der Waals surface area contributed by atoms with Crippen LogP contribution in [-0.4, -0.2) is 12.5 Å². The number of rotatable bonds is 3. The summed E-state index contributed by atoms with van der Waals surface area (Å²) >= 11 is 0. The van der Waals surface area contributed by atoms with Crippen molar-refractivity contribution in [1.82, 2.24) is 5.32 Å². The fourth-order valence-electron chi connectivity index (χ4n) is 2.03. The van der Waals surface area contributed by atoms with Gasteiger partial charge in [-0.1, -0.05) is 26.2 Å². The highest BCUT2D eigenvalue weighted by molar-refractivity contribution is 5.77. The number of carbonyl (C=O) groups excluding carboxylic acids is 1. The molecule has 0 heterocycles. The van der Waals surface area contributed by atoms with Crippen molar-refractivity contribution in [1.29, 1.82) is 5.26 Å². The van der Waals surface area contributed by atoms with E-state index in [9.17, 15) is 4.79 Å². The second kappa shape index (κ2) is 4.99. The summed E-state index contributed by atoms with van der Waals surface area (Å²) in [7, 11) is 0. The molecule has 0 spiro atoms. The van der Waals surface area contributed by atoms with Crippen molar-refractivity contribution in [2.24, 2.45) is 5.41 Å². The minimum absolute atomic E-state index is 0.0178. The normalized spacial score (nSPS) is 19.7. The first-order chi connectivity index (χ1) is 6.66. The number of nitrogens with zero attached hydrogens (tertiary/aromatic N) is 1. The van der Waals surface area contributed by atoms with Gasteiger partial charge in [0.1, 0.15) is 6.42 Å². The Kier molecular flexibility index (Phi) is 3.94. The van der Waals surface area contributed by atoms with Crippen LogP contribution in [0.25, 0.3) is 0 Å². The van der Waals surface area contributed by atoms with Crippen LogP contribution < -0.4 is 5.32 Å². The molecule has 3 nitrogen and oxygen atoms in total. The SMILES string of the molecule is CC1(CNC(=O)CC#N)CCCCC1. The van der Waals surface area contributed by atoms with E-state index in [0.717, 1.165) is 6.54 Å². The summed E-state index contributed by atoms with van der Waals surface area (Å²) in [5.74, 6) is -0.140. The molecule has 0 unspecified atom stereocenters. The summed E-state index contributed by atoms with van der Waals surface area (Å²) in [4.78, 5) is 11.1. The van der Waals surface area contributed by atoms with E-state index in [1.165, 1.54) is 32.1 Å². The summed E-state index contributed by atoms with van der Waals surface area (Å²) in [6, 6.07) is 1.86. The largest absolute Gasteiger partial charge is 0.355 e. The lowest BCUT2D eigenvalue weighted by molar-refractivity contribution is -0.120. The summed E-state index contributed by atoms with van der Waals surface area (Å²) in [6.45, 7) is 2.95. The summed E-state index contributed by atoms with van der Waals surface area (Å²) in [5.41, 5.74) is 0.267. The maximum absolute atomic E-state index is 11.1. The highest BCUT2D eigenvalue weighted by atomic mass is 16.1. The van der Waals surface area contributed by atoms with E-state index >= 15 is 0 Å². The van der Waals surface area contributed by atoms with Crippen LogP contribution in [0.5, 0.6) is 0 Å². The maximum atomic E-state index is 11.1. The van der Waals surface area contributed by atoms with Gasteiger partial charge in [-0.3, -0.25) is 4.79 Å². The van der Waals surface area contributed by atoms with Crippen LogP contribution in [0.2, 0.25) is 0 Å². The van der Waals surface area contributed by atoms with Gasteiger partial charge in [-0.25, -0.2) is 0 Å². The van der Waals surface area contributed by atoms with Crippen LogP contribution in [0.15, 0.2) is 0 Å². The third-order valence-corrected chi connectivity index (χ3v) is 3.01. The van der Waals surface area contributed by atoms with E-state index in [1.54, 1.807) is 0 Å². The molecule has 1 aliphatic rings. The molecule has 1 fully saturated rings. The number of hydrogen-bond acceptors (Lipinski definition) is 2. The first kappa shape index (κ1) is 11.0. The first-order valence-corrected chi connectivity index (χ1v) is 5.30. The number of nitriles is 1. The zero-order valence-corrected chi connectivity index (χ0v) is 8.81. The molecule has 1 saturated carbocycles. The van der Waals surface area contributed by atoms with Crippen molar-refractivity contribution in [2.45, 2.75) is 45.4 Å². The van der Waals surface area contributed by atoms with E-state index in [1.807, 2.05) is 6.07 Å². The lowest BCUT2D eigenvalue weighted by Crippen LogP contribution is -2.36. The predicted molar refractivity (Wildman–Crippen MR) is 54.4 cm³/mol. The molecule has 0 bridgehead atoms. The Morgan fingerprint density at radius 1 is 1.43 bits per heavy atom. The Hall–Kier alpha value is -1.04. The number of hydrogen-bond donors (Lipinski definition) is 1. The van der Waals surface area contributed by atoms with Gasteiger partial charge in [0, 0.05) is 6.54 Å². The molecule has 78 valence electrons. The smallest absolute Gasteiger partial charge is 0.234 e. The Morgan fingerprint density at radius 3 is 2.64 bits per heavy atom. The van der Waals surface area contributed by atoms with E-state index in [4.69, 9.17) is 5.26 Å². The molecular weight excluding hydrogens is 176 g/mol. The van der Waals surface area contributed by atoms with Gasteiger partial charge < -0.3 is 5.32 Å². The molecule has 1 rings (SSSR count). The second-order valence-corrected chi connectivity index (χ2v) is 4.48. The molecule has 3 heteroatoms. The van der Waals surface area contributed by atoms with Crippen molar-refractivity contribution in [3.8, 4) is 6.07 Å². The Morgan fingerprint density at radius 2 is 2.07 bits per heavy atom. The zero-order valence-electron chi connectivity index (χ0n) is 8.81. The van der Waals surface area contributed by atoms with Crippen LogP contribution in [0.1, 0.15) is 45.4 Å². The predicted octanol–water partition coefficient (Wildman–Crippen LogP) is 1.99. The van der Waals surface area contributed by atoms with Crippen LogP contribution >= 0.6 is 0 Å². The molecule has 0 aromatic carbocycles. The molecule has 0 saturated heterocycles. The van der Waals surface area contributed by atoms with Gasteiger partial charge in [0.25, 0.3) is 0 Å². The number of nitrogens with one attached hydrogen (secondary N) is 1. The molecule has 1 aliphatic carbocycles. The third kappa shape index (κ3) is 3.37. The highest BCUT2D eigenvalue weighted by Crippen LogP contribution is 2.34. The minimum Gasteiger partial charge on any atom is -0.355 e. The molecule has 0 aliphatic heterocycles. The van der Waals surface area contributed by atoms with Gasteiger partial charge in [0.2, 0.25) is 5.91 Å². The van der Waals surface area contributed by atoms with Crippen LogP contribution in [0, 0.1) is 16.7 Å². The zero-order chi connectivity index (χ0) is 10.4. The fraction of sp³-hybridized carbons (Fsp3) is 0.818. The van der Waals surface area contributed by atoms with E-state index < -0.39 is 0 Å². The van der Waals surface area contributed by atoms with E-state index in [-0.39, 0.29) is 17.7 Å². The fourth-order valence-corrected chi connectivity index (χ4v) is 2.03. The van der Waals surface area contributed by atoms with Gasteiger partial charge in [0.15, 0.2) is 0 Å².